The lowest BCUT2D eigenvalue weighted by Gasteiger charge is -2.19. The van der Waals surface area contributed by atoms with E-state index in [-0.39, 0.29) is 4.91 Å². The van der Waals surface area contributed by atoms with E-state index < -0.39 is 20.9 Å². The van der Waals surface area contributed by atoms with Gasteiger partial charge in [-0.1, -0.05) is 17.7 Å². The lowest BCUT2D eigenvalue weighted by atomic mass is 9.92. The zero-order valence-electron chi connectivity index (χ0n) is 7.72. The summed E-state index contributed by atoms with van der Waals surface area (Å²) in [5.74, 6) is -1.22. The highest BCUT2D eigenvalue weighted by Gasteiger charge is 2.29. The first-order chi connectivity index (χ1) is 7.39. The van der Waals surface area contributed by atoms with Gasteiger partial charge in [0, 0.05) is 16.9 Å². The third kappa shape index (κ3) is 1.98. The van der Waals surface area contributed by atoms with Crippen LogP contribution >= 0.6 is 22.3 Å². The molecule has 0 saturated heterocycles. The van der Waals surface area contributed by atoms with Crippen molar-refractivity contribution in [3.05, 3.63) is 33.7 Å². The van der Waals surface area contributed by atoms with Crippen molar-refractivity contribution >= 4 is 43.5 Å². The summed E-state index contributed by atoms with van der Waals surface area (Å²) in [5.41, 5.74) is 0.533. The second-order valence-electron chi connectivity index (χ2n) is 3.22. The number of hydrogen-bond acceptors (Lipinski definition) is 3. The molecule has 1 atom stereocenters. The summed E-state index contributed by atoms with van der Waals surface area (Å²) in [6.07, 6.45) is 5.27. The molecule has 2 rings (SSSR count). The molecule has 0 radical (unpaired) electrons. The Kier molecular flexibility index (Phi) is 2.77. The minimum Gasteiger partial charge on any atom is -0.272 e. The number of aliphatic imine (C=N–C) groups is 1. The quantitative estimate of drug-likeness (QED) is 0.686. The predicted molar refractivity (Wildman–Crippen MR) is 61.9 cm³/mol. The molecule has 0 aromatic heterocycles. The van der Waals surface area contributed by atoms with Crippen molar-refractivity contribution in [2.45, 2.75) is 0 Å². The molecule has 0 bridgehead atoms. The highest BCUT2D eigenvalue weighted by atomic mass is 35.7. The molecule has 16 heavy (non-hydrogen) atoms. The van der Waals surface area contributed by atoms with Crippen molar-refractivity contribution < 1.29 is 13.2 Å². The zero-order chi connectivity index (χ0) is 11.9. The molecule has 0 aromatic rings. The molecule has 0 aromatic carbocycles. The van der Waals surface area contributed by atoms with Crippen LogP contribution < -0.4 is 0 Å². The van der Waals surface area contributed by atoms with E-state index in [2.05, 4.69) is 4.99 Å². The van der Waals surface area contributed by atoms with E-state index in [0.29, 0.717) is 10.6 Å². The van der Waals surface area contributed by atoms with E-state index in [1.165, 1.54) is 24.4 Å². The van der Waals surface area contributed by atoms with E-state index in [4.69, 9.17) is 22.3 Å². The van der Waals surface area contributed by atoms with Crippen LogP contribution in [0.15, 0.2) is 38.7 Å². The normalized spacial score (nSPS) is 24.5. The second kappa shape index (κ2) is 3.84. The van der Waals surface area contributed by atoms with Crippen LogP contribution in [0.3, 0.4) is 0 Å². The van der Waals surface area contributed by atoms with Gasteiger partial charge < -0.3 is 0 Å². The van der Waals surface area contributed by atoms with Gasteiger partial charge >= 0.3 is 0 Å². The van der Waals surface area contributed by atoms with Crippen LogP contribution in [0.4, 0.5) is 0 Å². The van der Waals surface area contributed by atoms with Crippen molar-refractivity contribution in [3.63, 3.8) is 0 Å². The molecule has 1 aliphatic carbocycles. The van der Waals surface area contributed by atoms with Gasteiger partial charge in [-0.05, 0) is 17.7 Å². The van der Waals surface area contributed by atoms with Gasteiger partial charge in [0.15, 0.2) is 0 Å². The molecule has 1 heterocycles. The Bertz CT molecular complexity index is 584. The van der Waals surface area contributed by atoms with E-state index in [0.717, 1.165) is 0 Å². The maximum atomic E-state index is 11.4. The standard InChI is InChI=1S/C9H5Cl2NO3S/c10-8-4-12-9(13)7-3-5(16(11,14)15)1-2-6(7)8/h1-4,7H. The number of hydrogen-bond donors (Lipinski definition) is 0. The summed E-state index contributed by atoms with van der Waals surface area (Å²) in [4.78, 5) is 14.9. The summed E-state index contributed by atoms with van der Waals surface area (Å²) in [6, 6.07) is 0. The van der Waals surface area contributed by atoms with Crippen molar-refractivity contribution in [2.75, 3.05) is 0 Å². The fraction of sp³-hybridized carbons (Fsp3) is 0.111. The predicted octanol–water partition coefficient (Wildman–Crippen LogP) is 1.73. The Hall–Kier alpha value is -0.910. The van der Waals surface area contributed by atoms with E-state index in [9.17, 15) is 13.2 Å². The van der Waals surface area contributed by atoms with E-state index >= 15 is 0 Å². The van der Waals surface area contributed by atoms with E-state index in [1.807, 2.05) is 0 Å². The summed E-state index contributed by atoms with van der Waals surface area (Å²) >= 11 is 5.83. The highest BCUT2D eigenvalue weighted by Crippen LogP contribution is 2.32. The van der Waals surface area contributed by atoms with Crippen LogP contribution in [-0.2, 0) is 13.8 Å². The molecule has 1 aliphatic heterocycles. The fourth-order valence-electron chi connectivity index (χ4n) is 1.46. The first kappa shape index (κ1) is 11.6. The van der Waals surface area contributed by atoms with Crippen LogP contribution in [0.5, 0.6) is 0 Å². The molecule has 0 fully saturated rings. The Morgan fingerprint density at radius 3 is 2.62 bits per heavy atom. The molecular formula is C9H5Cl2NO3S. The minimum absolute atomic E-state index is 0.113. The Morgan fingerprint density at radius 2 is 2.00 bits per heavy atom. The highest BCUT2D eigenvalue weighted by molar-refractivity contribution is 8.17. The van der Waals surface area contributed by atoms with Crippen molar-refractivity contribution in [1.29, 1.82) is 0 Å². The third-order valence-corrected chi connectivity index (χ3v) is 3.91. The van der Waals surface area contributed by atoms with E-state index in [1.54, 1.807) is 0 Å². The second-order valence-corrected chi connectivity index (χ2v) is 6.19. The number of carbonyl (C=O) groups excluding carboxylic acids is 1. The SMILES string of the molecule is O=C1N=CC(Cl)=C2C=CC(S(=O)(=O)Cl)=CC12. The molecule has 0 N–H and O–H groups in total. The number of nitrogens with zero attached hydrogens (tertiary/aromatic N) is 1. The molecule has 1 unspecified atom stereocenters. The lowest BCUT2D eigenvalue weighted by Crippen LogP contribution is -2.20. The Labute approximate surface area is 101 Å². The average molecular weight is 278 g/mol. The zero-order valence-corrected chi connectivity index (χ0v) is 10.1. The molecule has 1 amide bonds. The summed E-state index contributed by atoms with van der Waals surface area (Å²) in [6.45, 7) is 0. The van der Waals surface area contributed by atoms with Crippen LogP contribution in [0.25, 0.3) is 0 Å². The van der Waals surface area contributed by atoms with Crippen LogP contribution in [0.1, 0.15) is 0 Å². The van der Waals surface area contributed by atoms with Gasteiger partial charge in [-0.15, -0.1) is 0 Å². The Balaban J connectivity index is 2.53. The third-order valence-electron chi connectivity index (χ3n) is 2.22. The number of allylic oxidation sites excluding steroid dienone is 3. The largest absolute Gasteiger partial charge is 0.272 e. The molecule has 2 aliphatic rings. The van der Waals surface area contributed by atoms with Gasteiger partial charge in [0.05, 0.1) is 15.9 Å². The van der Waals surface area contributed by atoms with Gasteiger partial charge in [0.2, 0.25) is 0 Å². The number of fused-ring (bicyclic) bond motifs is 1. The number of dihydropyridines is 1. The van der Waals surface area contributed by atoms with Crippen LogP contribution in [0, 0.1) is 5.92 Å². The van der Waals surface area contributed by atoms with Crippen molar-refractivity contribution in [2.24, 2.45) is 10.9 Å². The summed E-state index contributed by atoms with van der Waals surface area (Å²) in [7, 11) is 1.34. The number of rotatable bonds is 1. The van der Waals surface area contributed by atoms with Gasteiger partial charge in [0.1, 0.15) is 0 Å². The first-order valence-corrected chi connectivity index (χ1v) is 6.90. The molecule has 7 heteroatoms. The molecule has 0 saturated carbocycles. The Morgan fingerprint density at radius 1 is 1.31 bits per heavy atom. The van der Waals surface area contributed by atoms with Crippen molar-refractivity contribution in [1.82, 2.24) is 0 Å². The number of carbonyl (C=O) groups is 1. The molecule has 0 spiro atoms. The van der Waals surface area contributed by atoms with Crippen molar-refractivity contribution in [3.8, 4) is 0 Å². The maximum absolute atomic E-state index is 11.4. The molecule has 84 valence electrons. The van der Waals surface area contributed by atoms with Crippen LogP contribution in [-0.4, -0.2) is 20.5 Å². The topological polar surface area (TPSA) is 63.6 Å². The minimum atomic E-state index is -3.84. The van der Waals surface area contributed by atoms with Crippen LogP contribution in [0.2, 0.25) is 0 Å². The lowest BCUT2D eigenvalue weighted by molar-refractivity contribution is -0.119. The molecular weight excluding hydrogens is 273 g/mol. The summed E-state index contributed by atoms with van der Waals surface area (Å²) in [5, 5.41) is 0.322. The smallest absolute Gasteiger partial charge is 0.261 e. The number of halogens is 2. The molecule has 4 nitrogen and oxygen atoms in total. The maximum Gasteiger partial charge on any atom is 0.261 e. The van der Waals surface area contributed by atoms with Gasteiger partial charge in [0.25, 0.3) is 15.0 Å². The summed E-state index contributed by atoms with van der Waals surface area (Å²) < 4.78 is 22.2. The monoisotopic (exact) mass is 277 g/mol. The average Bonchev–Trinajstić information content (AvgIpc) is 2.22. The van der Waals surface area contributed by atoms with Gasteiger partial charge in [-0.2, -0.15) is 0 Å². The first-order valence-electron chi connectivity index (χ1n) is 4.22. The fourth-order valence-corrected chi connectivity index (χ4v) is 2.52. The number of amides is 1. The van der Waals surface area contributed by atoms with Gasteiger partial charge in [-0.25, -0.2) is 13.4 Å². The van der Waals surface area contributed by atoms with Gasteiger partial charge in [-0.3, -0.25) is 4.79 Å².